The molecule has 1 aromatic rings. The van der Waals surface area contributed by atoms with Crippen molar-refractivity contribution in [2.45, 2.75) is 38.2 Å². The van der Waals surface area contributed by atoms with Crippen molar-refractivity contribution in [1.82, 2.24) is 5.32 Å². The maximum absolute atomic E-state index is 12.0. The van der Waals surface area contributed by atoms with Gasteiger partial charge in [-0.2, -0.15) is 0 Å². The van der Waals surface area contributed by atoms with Gasteiger partial charge in [0, 0.05) is 13.0 Å². The first-order valence-corrected chi connectivity index (χ1v) is 8.38. The van der Waals surface area contributed by atoms with Crippen molar-refractivity contribution in [3.8, 4) is 5.75 Å². The molecule has 1 N–H and O–H groups in total. The van der Waals surface area contributed by atoms with E-state index in [9.17, 15) is 14.4 Å². The first-order chi connectivity index (χ1) is 12.0. The lowest BCUT2D eigenvalue weighted by atomic mass is 9.95. The predicted molar refractivity (Wildman–Crippen MR) is 87.4 cm³/mol. The Bertz CT molecular complexity index is 680. The number of hydrogen-bond donors (Lipinski definition) is 1. The van der Waals surface area contributed by atoms with Gasteiger partial charge in [0.05, 0.1) is 25.1 Å². The molecule has 2 aliphatic rings. The number of ether oxygens (including phenoxy) is 3. The third-order valence-electron chi connectivity index (χ3n) is 4.35. The van der Waals surface area contributed by atoms with E-state index in [1.165, 1.54) is 0 Å². The number of benzene rings is 1. The molecule has 1 saturated heterocycles. The van der Waals surface area contributed by atoms with Gasteiger partial charge in [-0.05, 0) is 23.6 Å². The molecule has 1 fully saturated rings. The standard InChI is InChI=1S/C18H21NO6/c1-11(6-18(22)23-9-13-8-19-10-24-13)12-2-3-14-15(20)4-5-17(21)25-16(14)7-12/h2-3,7,11,13,19H,4-6,8-10H2,1H3. The van der Waals surface area contributed by atoms with Crippen LogP contribution in [0.3, 0.4) is 0 Å². The van der Waals surface area contributed by atoms with E-state index in [0.717, 1.165) is 5.56 Å². The Morgan fingerprint density at radius 2 is 2.20 bits per heavy atom. The molecule has 0 bridgehead atoms. The summed E-state index contributed by atoms with van der Waals surface area (Å²) in [7, 11) is 0. The maximum atomic E-state index is 12.0. The quantitative estimate of drug-likeness (QED) is 0.638. The minimum Gasteiger partial charge on any atom is -0.463 e. The molecule has 0 aromatic heterocycles. The smallest absolute Gasteiger partial charge is 0.311 e. The second kappa shape index (κ2) is 7.76. The minimum atomic E-state index is -0.415. The molecule has 2 atom stereocenters. The van der Waals surface area contributed by atoms with Gasteiger partial charge >= 0.3 is 11.9 Å². The van der Waals surface area contributed by atoms with E-state index in [1.54, 1.807) is 18.2 Å². The monoisotopic (exact) mass is 347 g/mol. The molecule has 0 aliphatic carbocycles. The summed E-state index contributed by atoms with van der Waals surface area (Å²) >= 11 is 0. The Kier molecular flexibility index (Phi) is 5.45. The molecule has 2 aliphatic heterocycles. The maximum Gasteiger partial charge on any atom is 0.311 e. The highest BCUT2D eigenvalue weighted by atomic mass is 16.6. The van der Waals surface area contributed by atoms with Crippen molar-refractivity contribution in [3.05, 3.63) is 29.3 Å². The second-order valence-corrected chi connectivity index (χ2v) is 6.33. The Labute approximate surface area is 145 Å². The van der Waals surface area contributed by atoms with Gasteiger partial charge < -0.3 is 14.2 Å². The molecule has 1 aromatic carbocycles. The van der Waals surface area contributed by atoms with Gasteiger partial charge in [0.2, 0.25) is 0 Å². The van der Waals surface area contributed by atoms with Crippen LogP contribution in [-0.2, 0) is 19.1 Å². The van der Waals surface area contributed by atoms with Crippen molar-refractivity contribution in [2.75, 3.05) is 19.9 Å². The van der Waals surface area contributed by atoms with Gasteiger partial charge in [0.1, 0.15) is 18.5 Å². The van der Waals surface area contributed by atoms with Crippen LogP contribution < -0.4 is 10.1 Å². The van der Waals surface area contributed by atoms with E-state index in [4.69, 9.17) is 14.2 Å². The summed E-state index contributed by atoms with van der Waals surface area (Å²) in [5, 5.41) is 3.02. The van der Waals surface area contributed by atoms with Gasteiger partial charge in [-0.1, -0.05) is 13.0 Å². The van der Waals surface area contributed by atoms with Crippen molar-refractivity contribution in [2.24, 2.45) is 0 Å². The first kappa shape index (κ1) is 17.6. The predicted octanol–water partition coefficient (Wildman–Crippen LogP) is 1.55. The zero-order chi connectivity index (χ0) is 17.8. The summed E-state index contributed by atoms with van der Waals surface area (Å²) in [5.41, 5.74) is 1.23. The highest BCUT2D eigenvalue weighted by Crippen LogP contribution is 2.30. The van der Waals surface area contributed by atoms with Gasteiger partial charge in [-0.3, -0.25) is 19.7 Å². The first-order valence-electron chi connectivity index (χ1n) is 8.38. The summed E-state index contributed by atoms with van der Waals surface area (Å²) < 4.78 is 15.8. The van der Waals surface area contributed by atoms with Crippen molar-refractivity contribution < 1.29 is 28.6 Å². The number of rotatable bonds is 5. The van der Waals surface area contributed by atoms with Crippen molar-refractivity contribution in [3.63, 3.8) is 0 Å². The summed E-state index contributed by atoms with van der Waals surface area (Å²) in [5.74, 6) is -0.690. The average Bonchev–Trinajstić information content (AvgIpc) is 3.06. The lowest BCUT2D eigenvalue weighted by Gasteiger charge is -2.15. The molecule has 2 unspecified atom stereocenters. The molecule has 0 spiro atoms. The number of carbonyl (C=O) groups excluding carboxylic acids is 3. The summed E-state index contributed by atoms with van der Waals surface area (Å²) in [6.45, 7) is 3.27. The molecule has 2 heterocycles. The fourth-order valence-electron chi connectivity index (χ4n) is 2.86. The van der Waals surface area contributed by atoms with E-state index in [0.29, 0.717) is 18.8 Å². The minimum absolute atomic E-state index is 0.0861. The van der Waals surface area contributed by atoms with Crippen LogP contribution in [0.1, 0.15) is 48.0 Å². The number of hydrogen-bond acceptors (Lipinski definition) is 7. The zero-order valence-corrected chi connectivity index (χ0v) is 14.1. The third-order valence-corrected chi connectivity index (χ3v) is 4.35. The SMILES string of the molecule is CC(CC(=O)OCC1CNCO1)c1ccc2c(c1)OC(=O)CCC2=O. The van der Waals surface area contributed by atoms with Crippen LogP contribution in [0.2, 0.25) is 0 Å². The summed E-state index contributed by atoms with van der Waals surface area (Å²) in [4.78, 5) is 35.6. The third kappa shape index (κ3) is 4.43. The van der Waals surface area contributed by atoms with Crippen LogP contribution in [0.15, 0.2) is 18.2 Å². The molecule has 7 heteroatoms. The summed E-state index contributed by atoms with van der Waals surface area (Å²) in [6, 6.07) is 5.11. The molecule has 0 amide bonds. The van der Waals surface area contributed by atoms with E-state index in [1.807, 2.05) is 6.92 Å². The Morgan fingerprint density at radius 3 is 2.96 bits per heavy atom. The largest absolute Gasteiger partial charge is 0.463 e. The number of esters is 2. The number of fused-ring (bicyclic) bond motifs is 1. The molecular formula is C18H21NO6. The summed E-state index contributed by atoms with van der Waals surface area (Å²) in [6.07, 6.45) is 0.339. The lowest BCUT2D eigenvalue weighted by molar-refractivity contribution is -0.147. The number of Topliss-reactive ketones (excluding diaryl/α,β-unsaturated/α-hetero) is 1. The van der Waals surface area contributed by atoms with Gasteiger partial charge in [-0.15, -0.1) is 0 Å². The Balaban J connectivity index is 1.61. The highest BCUT2D eigenvalue weighted by Gasteiger charge is 2.23. The van der Waals surface area contributed by atoms with Crippen LogP contribution in [0, 0.1) is 0 Å². The molecule has 0 saturated carbocycles. The molecule has 25 heavy (non-hydrogen) atoms. The number of carbonyl (C=O) groups is 3. The van der Waals surface area contributed by atoms with E-state index in [-0.39, 0.29) is 55.4 Å². The molecule has 0 radical (unpaired) electrons. The molecule has 134 valence electrons. The highest BCUT2D eigenvalue weighted by molar-refractivity contribution is 6.02. The second-order valence-electron chi connectivity index (χ2n) is 6.33. The molecule has 3 rings (SSSR count). The fourth-order valence-corrected chi connectivity index (χ4v) is 2.86. The zero-order valence-electron chi connectivity index (χ0n) is 14.1. The van der Waals surface area contributed by atoms with Crippen LogP contribution >= 0.6 is 0 Å². The molecular weight excluding hydrogens is 326 g/mol. The van der Waals surface area contributed by atoms with E-state index >= 15 is 0 Å². The van der Waals surface area contributed by atoms with Crippen molar-refractivity contribution in [1.29, 1.82) is 0 Å². The van der Waals surface area contributed by atoms with Crippen LogP contribution in [0.25, 0.3) is 0 Å². The average molecular weight is 347 g/mol. The number of ketones is 1. The lowest BCUT2D eigenvalue weighted by Crippen LogP contribution is -2.23. The fraction of sp³-hybridized carbons (Fsp3) is 0.500. The topological polar surface area (TPSA) is 90.9 Å². The normalized spacial score (nSPS) is 21.2. The Morgan fingerprint density at radius 1 is 1.36 bits per heavy atom. The Hall–Kier alpha value is -2.25. The van der Waals surface area contributed by atoms with Crippen molar-refractivity contribution >= 4 is 17.7 Å². The van der Waals surface area contributed by atoms with E-state index in [2.05, 4.69) is 5.32 Å². The van der Waals surface area contributed by atoms with E-state index < -0.39 is 5.97 Å². The van der Waals surface area contributed by atoms with Crippen LogP contribution in [0.4, 0.5) is 0 Å². The van der Waals surface area contributed by atoms with Gasteiger partial charge in [0.25, 0.3) is 0 Å². The van der Waals surface area contributed by atoms with Crippen LogP contribution in [-0.4, -0.2) is 43.7 Å². The molecule has 7 nitrogen and oxygen atoms in total. The van der Waals surface area contributed by atoms with Crippen LogP contribution in [0.5, 0.6) is 5.75 Å². The van der Waals surface area contributed by atoms with Gasteiger partial charge in [0.15, 0.2) is 5.78 Å². The number of nitrogens with one attached hydrogen (secondary N) is 1. The van der Waals surface area contributed by atoms with Gasteiger partial charge in [-0.25, -0.2) is 0 Å².